The Kier molecular flexibility index (Phi) is 5.26. The van der Waals surface area contributed by atoms with E-state index in [1.165, 1.54) is 13.0 Å². The van der Waals surface area contributed by atoms with Crippen molar-refractivity contribution in [3.05, 3.63) is 40.2 Å². The summed E-state index contributed by atoms with van der Waals surface area (Å²) < 4.78 is 16.6. The maximum Gasteiger partial charge on any atom is 0.336 e. The molecule has 140 valence electrons. The topological polar surface area (TPSA) is 118 Å². The van der Waals surface area contributed by atoms with E-state index in [-0.39, 0.29) is 18.9 Å². The fourth-order valence-corrected chi connectivity index (χ4v) is 3.06. The number of amides is 1. The number of aryl methyl sites for hydroxylation is 1. The van der Waals surface area contributed by atoms with Crippen LogP contribution in [0.25, 0.3) is 11.0 Å². The first-order valence-corrected chi connectivity index (χ1v) is 8.30. The quantitative estimate of drug-likeness (QED) is 0.675. The maximum atomic E-state index is 11.6. The summed E-state index contributed by atoms with van der Waals surface area (Å²) in [5, 5.41) is 23.0. The van der Waals surface area contributed by atoms with Crippen molar-refractivity contribution >= 4 is 16.9 Å². The lowest BCUT2D eigenvalue weighted by Crippen LogP contribution is -2.59. The van der Waals surface area contributed by atoms with Gasteiger partial charge in [-0.2, -0.15) is 0 Å². The molecule has 4 atom stereocenters. The van der Waals surface area contributed by atoms with Crippen LogP contribution in [-0.2, 0) is 9.53 Å². The minimum Gasteiger partial charge on any atom is -0.462 e. The van der Waals surface area contributed by atoms with Crippen molar-refractivity contribution in [1.82, 2.24) is 5.32 Å². The molecule has 8 heteroatoms. The number of carbonyl (C=O) groups is 1. The Morgan fingerprint density at radius 2 is 2.15 bits per heavy atom. The molecule has 1 saturated heterocycles. The molecule has 0 radical (unpaired) electrons. The highest BCUT2D eigenvalue weighted by Crippen LogP contribution is 2.27. The molecule has 1 fully saturated rings. The molecule has 8 nitrogen and oxygen atoms in total. The molecule has 2 heterocycles. The van der Waals surface area contributed by atoms with Gasteiger partial charge in [-0.15, -0.1) is 0 Å². The standard InChI is InChI=1S/C18H21NO7/c1-9-5-16(23)26-15-7-11(3-4-13(9)15)24-18-17(19-10(2)21)14(22)6-12(8-20)25-18/h3-5,7,12,14,17-18,20,22H,6,8H2,1-2H3,(H,19,21)/t12-,14-,17+,18+/m0/s1. The van der Waals surface area contributed by atoms with Crippen molar-refractivity contribution < 1.29 is 28.9 Å². The van der Waals surface area contributed by atoms with Crippen LogP contribution in [-0.4, -0.2) is 47.3 Å². The number of fused-ring (bicyclic) bond motifs is 1. The number of aliphatic hydroxyl groups is 2. The molecule has 0 bridgehead atoms. The Bertz CT molecular complexity index is 862. The smallest absolute Gasteiger partial charge is 0.336 e. The van der Waals surface area contributed by atoms with E-state index in [4.69, 9.17) is 13.9 Å². The molecule has 2 aromatic rings. The molecule has 1 aromatic carbocycles. The minimum absolute atomic E-state index is 0.174. The lowest BCUT2D eigenvalue weighted by Gasteiger charge is -2.39. The van der Waals surface area contributed by atoms with Crippen LogP contribution in [0.1, 0.15) is 18.9 Å². The van der Waals surface area contributed by atoms with Crippen LogP contribution >= 0.6 is 0 Å². The Balaban J connectivity index is 1.89. The van der Waals surface area contributed by atoms with Gasteiger partial charge in [-0.25, -0.2) is 4.79 Å². The van der Waals surface area contributed by atoms with Crippen LogP contribution in [0.4, 0.5) is 0 Å². The Labute approximate surface area is 149 Å². The molecule has 0 unspecified atom stereocenters. The highest BCUT2D eigenvalue weighted by atomic mass is 16.7. The van der Waals surface area contributed by atoms with E-state index in [0.29, 0.717) is 11.3 Å². The third-order valence-corrected chi connectivity index (χ3v) is 4.29. The van der Waals surface area contributed by atoms with E-state index in [1.54, 1.807) is 25.1 Å². The first-order valence-electron chi connectivity index (χ1n) is 8.30. The third-order valence-electron chi connectivity index (χ3n) is 4.29. The largest absolute Gasteiger partial charge is 0.462 e. The van der Waals surface area contributed by atoms with Crippen molar-refractivity contribution in [2.24, 2.45) is 0 Å². The highest BCUT2D eigenvalue weighted by Gasteiger charge is 2.39. The molecule has 1 aliphatic rings. The van der Waals surface area contributed by atoms with Gasteiger partial charge in [0.1, 0.15) is 17.4 Å². The zero-order valence-electron chi connectivity index (χ0n) is 14.5. The van der Waals surface area contributed by atoms with Crippen LogP contribution in [0.5, 0.6) is 5.75 Å². The Morgan fingerprint density at radius 1 is 1.38 bits per heavy atom. The molecule has 0 aliphatic carbocycles. The second-order valence-electron chi connectivity index (χ2n) is 6.36. The summed E-state index contributed by atoms with van der Waals surface area (Å²) in [6, 6.07) is 5.59. The summed E-state index contributed by atoms with van der Waals surface area (Å²) >= 11 is 0. The van der Waals surface area contributed by atoms with Crippen molar-refractivity contribution in [3.8, 4) is 5.75 Å². The molecule has 1 aromatic heterocycles. The number of benzene rings is 1. The lowest BCUT2D eigenvalue weighted by atomic mass is 10.00. The zero-order chi connectivity index (χ0) is 18.8. The van der Waals surface area contributed by atoms with Gasteiger partial charge in [0, 0.05) is 30.9 Å². The number of carbonyl (C=O) groups excluding carboxylic acids is 1. The van der Waals surface area contributed by atoms with Crippen LogP contribution < -0.4 is 15.7 Å². The maximum absolute atomic E-state index is 11.6. The molecule has 3 N–H and O–H groups in total. The summed E-state index contributed by atoms with van der Waals surface area (Å²) in [5.41, 5.74) is 0.676. The second-order valence-corrected chi connectivity index (χ2v) is 6.36. The zero-order valence-corrected chi connectivity index (χ0v) is 14.5. The minimum atomic E-state index is -1.01. The molecular weight excluding hydrogens is 342 g/mol. The number of nitrogens with one attached hydrogen (secondary N) is 1. The number of rotatable bonds is 4. The first-order chi connectivity index (χ1) is 12.4. The van der Waals surface area contributed by atoms with Gasteiger partial charge in [-0.3, -0.25) is 4.79 Å². The molecule has 0 spiro atoms. The van der Waals surface area contributed by atoms with Crippen molar-refractivity contribution in [1.29, 1.82) is 0 Å². The van der Waals surface area contributed by atoms with Crippen LogP contribution in [0.2, 0.25) is 0 Å². The number of hydrogen-bond donors (Lipinski definition) is 3. The predicted molar refractivity (Wildman–Crippen MR) is 91.8 cm³/mol. The number of hydrogen-bond acceptors (Lipinski definition) is 7. The van der Waals surface area contributed by atoms with Crippen LogP contribution in [0, 0.1) is 6.92 Å². The first kappa shape index (κ1) is 18.4. The van der Waals surface area contributed by atoms with Gasteiger partial charge in [0.2, 0.25) is 12.2 Å². The Hall–Kier alpha value is -2.42. The monoisotopic (exact) mass is 363 g/mol. The van der Waals surface area contributed by atoms with Gasteiger partial charge in [-0.05, 0) is 24.6 Å². The Morgan fingerprint density at radius 3 is 2.85 bits per heavy atom. The molecule has 1 aliphatic heterocycles. The van der Waals surface area contributed by atoms with Gasteiger partial charge in [-0.1, -0.05) is 0 Å². The normalized spacial score (nSPS) is 25.8. The van der Waals surface area contributed by atoms with Crippen molar-refractivity contribution in [2.45, 2.75) is 44.8 Å². The fourth-order valence-electron chi connectivity index (χ4n) is 3.06. The fraction of sp³-hybridized carbons (Fsp3) is 0.444. The third kappa shape index (κ3) is 3.87. The summed E-state index contributed by atoms with van der Waals surface area (Å²) in [4.78, 5) is 23.0. The summed E-state index contributed by atoms with van der Waals surface area (Å²) in [7, 11) is 0. The van der Waals surface area contributed by atoms with Gasteiger partial charge in [0.05, 0.1) is 18.8 Å². The molecule has 0 saturated carbocycles. The average Bonchev–Trinajstić information content (AvgIpc) is 2.56. The number of ether oxygens (including phenoxy) is 2. The molecule has 1 amide bonds. The molecular formula is C18H21NO7. The summed E-state index contributed by atoms with van der Waals surface area (Å²) in [5.74, 6) is 0.00576. The SMILES string of the molecule is CC(=O)N[C@H]1[C@H](Oc2ccc3c(C)cc(=O)oc3c2)O[C@H](CO)C[C@@H]1O. The summed E-state index contributed by atoms with van der Waals surface area (Å²) in [6.45, 7) is 2.85. The predicted octanol–water partition coefficient (Wildman–Crippen LogP) is 0.453. The van der Waals surface area contributed by atoms with Crippen molar-refractivity contribution in [2.75, 3.05) is 6.61 Å². The van der Waals surface area contributed by atoms with E-state index in [2.05, 4.69) is 5.32 Å². The average molecular weight is 363 g/mol. The van der Waals surface area contributed by atoms with Gasteiger partial charge in [0.25, 0.3) is 0 Å². The lowest BCUT2D eigenvalue weighted by molar-refractivity contribution is -0.202. The highest BCUT2D eigenvalue weighted by molar-refractivity contribution is 5.81. The van der Waals surface area contributed by atoms with E-state index in [0.717, 1.165) is 10.9 Å². The van der Waals surface area contributed by atoms with Gasteiger partial charge in [0.15, 0.2) is 0 Å². The summed E-state index contributed by atoms with van der Waals surface area (Å²) in [6.07, 6.45) is -2.38. The van der Waals surface area contributed by atoms with Crippen LogP contribution in [0.15, 0.2) is 33.5 Å². The van der Waals surface area contributed by atoms with E-state index in [1.807, 2.05) is 0 Å². The van der Waals surface area contributed by atoms with E-state index < -0.39 is 30.2 Å². The number of aliphatic hydroxyl groups excluding tert-OH is 2. The molecule has 3 rings (SSSR count). The molecule has 26 heavy (non-hydrogen) atoms. The van der Waals surface area contributed by atoms with E-state index in [9.17, 15) is 19.8 Å². The van der Waals surface area contributed by atoms with Crippen molar-refractivity contribution in [3.63, 3.8) is 0 Å². The van der Waals surface area contributed by atoms with E-state index >= 15 is 0 Å². The van der Waals surface area contributed by atoms with Crippen LogP contribution in [0.3, 0.4) is 0 Å². The van der Waals surface area contributed by atoms with Gasteiger partial charge < -0.3 is 29.4 Å². The second kappa shape index (κ2) is 7.45. The van der Waals surface area contributed by atoms with Gasteiger partial charge >= 0.3 is 5.63 Å².